The second kappa shape index (κ2) is 6.36. The van der Waals surface area contributed by atoms with Gasteiger partial charge in [-0.15, -0.1) is 0 Å². The van der Waals surface area contributed by atoms with Crippen LogP contribution >= 0.6 is 0 Å². The number of rotatable bonds is 5. The van der Waals surface area contributed by atoms with E-state index in [0.29, 0.717) is 18.9 Å². The molecule has 1 saturated heterocycles. The third kappa shape index (κ3) is 3.81. The predicted molar refractivity (Wildman–Crippen MR) is 75.2 cm³/mol. The number of hydrogen-bond acceptors (Lipinski definition) is 5. The lowest BCUT2D eigenvalue weighted by atomic mass is 10.3. The minimum atomic E-state index is 0.226. The molecular weight excluding hydrogens is 242 g/mol. The number of carbonyl (C=O) groups excluding carboxylic acids is 1. The first-order chi connectivity index (χ1) is 9.19. The first-order valence-corrected chi connectivity index (χ1v) is 6.74. The molecule has 1 aliphatic rings. The van der Waals surface area contributed by atoms with Crippen LogP contribution in [0.3, 0.4) is 0 Å². The Morgan fingerprint density at radius 2 is 2.11 bits per heavy atom. The molecule has 0 unspecified atom stereocenters. The van der Waals surface area contributed by atoms with Gasteiger partial charge >= 0.3 is 0 Å². The van der Waals surface area contributed by atoms with Crippen molar-refractivity contribution >= 4 is 17.7 Å². The van der Waals surface area contributed by atoms with Crippen LogP contribution in [0.1, 0.15) is 25.0 Å². The summed E-state index contributed by atoms with van der Waals surface area (Å²) in [4.78, 5) is 22.3. The molecule has 104 valence electrons. The van der Waals surface area contributed by atoms with Gasteiger partial charge in [0, 0.05) is 44.9 Å². The van der Waals surface area contributed by atoms with Gasteiger partial charge in [-0.25, -0.2) is 4.98 Å². The van der Waals surface area contributed by atoms with Gasteiger partial charge in [-0.2, -0.15) is 4.98 Å². The van der Waals surface area contributed by atoms with Crippen LogP contribution in [0.15, 0.2) is 6.07 Å². The van der Waals surface area contributed by atoms with Crippen LogP contribution in [0.5, 0.6) is 0 Å². The van der Waals surface area contributed by atoms with Gasteiger partial charge < -0.3 is 15.5 Å². The minimum Gasteiger partial charge on any atom is -0.369 e. The molecule has 0 radical (unpaired) electrons. The lowest BCUT2D eigenvalue weighted by molar-refractivity contribution is -0.129. The average Bonchev–Trinajstić information content (AvgIpc) is 2.92. The molecule has 6 nitrogen and oxygen atoms in total. The lowest BCUT2D eigenvalue weighted by Gasteiger charge is -2.15. The molecule has 1 amide bonds. The average molecular weight is 263 g/mol. The molecule has 6 heteroatoms. The molecule has 1 aromatic heterocycles. The third-order valence-corrected chi connectivity index (χ3v) is 3.18. The van der Waals surface area contributed by atoms with Crippen molar-refractivity contribution in [2.75, 3.05) is 37.3 Å². The first-order valence-electron chi connectivity index (χ1n) is 6.74. The molecule has 0 aromatic carbocycles. The first kappa shape index (κ1) is 13.6. The quantitative estimate of drug-likeness (QED) is 0.836. The molecule has 0 spiro atoms. The second-order valence-corrected chi connectivity index (χ2v) is 4.73. The highest BCUT2D eigenvalue weighted by Gasteiger charge is 2.17. The molecule has 0 bridgehead atoms. The highest BCUT2D eigenvalue weighted by atomic mass is 16.2. The van der Waals surface area contributed by atoms with E-state index in [1.54, 1.807) is 7.05 Å². The Morgan fingerprint density at radius 3 is 2.79 bits per heavy atom. The minimum absolute atomic E-state index is 0.226. The largest absolute Gasteiger partial charge is 0.369 e. The molecule has 0 saturated carbocycles. The van der Waals surface area contributed by atoms with Gasteiger partial charge in [0.1, 0.15) is 5.82 Å². The lowest BCUT2D eigenvalue weighted by Crippen LogP contribution is -2.29. The zero-order chi connectivity index (χ0) is 13.7. The highest BCUT2D eigenvalue weighted by molar-refractivity contribution is 5.76. The van der Waals surface area contributed by atoms with Crippen LogP contribution in [0, 0.1) is 6.92 Å². The summed E-state index contributed by atoms with van der Waals surface area (Å²) in [6.07, 6.45) is 2.78. The van der Waals surface area contributed by atoms with Gasteiger partial charge in [0.05, 0.1) is 0 Å². The third-order valence-electron chi connectivity index (χ3n) is 3.18. The van der Waals surface area contributed by atoms with E-state index in [-0.39, 0.29) is 5.91 Å². The Bertz CT molecular complexity index is 443. The normalized spacial score (nSPS) is 14.5. The summed E-state index contributed by atoms with van der Waals surface area (Å²) in [5.74, 6) is 1.57. The van der Waals surface area contributed by atoms with Crippen LogP contribution in [-0.2, 0) is 4.79 Å². The van der Waals surface area contributed by atoms with Crippen LogP contribution in [0.2, 0.25) is 0 Å². The van der Waals surface area contributed by atoms with Crippen molar-refractivity contribution in [2.24, 2.45) is 0 Å². The summed E-state index contributed by atoms with van der Waals surface area (Å²) >= 11 is 0. The molecule has 19 heavy (non-hydrogen) atoms. The highest BCUT2D eigenvalue weighted by Crippen LogP contribution is 2.11. The summed E-state index contributed by atoms with van der Waals surface area (Å²) in [5, 5.41) is 6.09. The number of anilines is 2. The van der Waals surface area contributed by atoms with E-state index in [4.69, 9.17) is 0 Å². The van der Waals surface area contributed by atoms with Crippen molar-refractivity contribution in [3.8, 4) is 0 Å². The van der Waals surface area contributed by atoms with Gasteiger partial charge in [-0.05, 0) is 19.8 Å². The van der Waals surface area contributed by atoms with Gasteiger partial charge in [-0.1, -0.05) is 0 Å². The fourth-order valence-corrected chi connectivity index (χ4v) is 2.19. The number of amides is 1. The van der Waals surface area contributed by atoms with Gasteiger partial charge in [-0.3, -0.25) is 4.79 Å². The van der Waals surface area contributed by atoms with E-state index >= 15 is 0 Å². The topological polar surface area (TPSA) is 70.2 Å². The van der Waals surface area contributed by atoms with Crippen LogP contribution in [0.4, 0.5) is 11.8 Å². The standard InChI is InChI=1S/C13H21N5O/c1-10-9-11(17-13(14-2)16-10)15-6-5-12(19)18-7-3-4-8-18/h9H,3-8H2,1-2H3,(H2,14,15,16,17). The van der Waals surface area contributed by atoms with Gasteiger partial charge in [0.25, 0.3) is 0 Å². The van der Waals surface area contributed by atoms with E-state index in [2.05, 4.69) is 20.6 Å². The van der Waals surface area contributed by atoms with Gasteiger partial charge in [0.15, 0.2) is 0 Å². The number of aryl methyl sites for hydroxylation is 1. The predicted octanol–water partition coefficient (Wildman–Crippen LogP) is 1.25. The Kier molecular flexibility index (Phi) is 4.54. The Hall–Kier alpha value is -1.85. The number of aromatic nitrogens is 2. The second-order valence-electron chi connectivity index (χ2n) is 4.73. The maximum absolute atomic E-state index is 11.9. The SMILES string of the molecule is CNc1nc(C)cc(NCCC(=O)N2CCCC2)n1. The van der Waals surface area contributed by atoms with Crippen molar-refractivity contribution in [2.45, 2.75) is 26.2 Å². The monoisotopic (exact) mass is 263 g/mol. The van der Waals surface area contributed by atoms with Crippen molar-refractivity contribution in [1.29, 1.82) is 0 Å². The maximum Gasteiger partial charge on any atom is 0.224 e. The molecule has 1 fully saturated rings. The van der Waals surface area contributed by atoms with E-state index < -0.39 is 0 Å². The Morgan fingerprint density at radius 1 is 1.37 bits per heavy atom. The number of hydrogen-bond donors (Lipinski definition) is 2. The smallest absolute Gasteiger partial charge is 0.224 e. The van der Waals surface area contributed by atoms with Crippen molar-refractivity contribution in [3.05, 3.63) is 11.8 Å². The van der Waals surface area contributed by atoms with Crippen LogP contribution in [-0.4, -0.2) is 47.5 Å². The molecule has 1 aromatic rings. The summed E-state index contributed by atoms with van der Waals surface area (Å²) in [7, 11) is 1.79. The fraction of sp³-hybridized carbons (Fsp3) is 0.615. The Balaban J connectivity index is 1.81. The number of nitrogens with one attached hydrogen (secondary N) is 2. The zero-order valence-electron chi connectivity index (χ0n) is 11.6. The van der Waals surface area contributed by atoms with Crippen molar-refractivity contribution < 1.29 is 4.79 Å². The van der Waals surface area contributed by atoms with E-state index in [9.17, 15) is 4.79 Å². The van der Waals surface area contributed by atoms with Gasteiger partial charge in [0.2, 0.25) is 11.9 Å². The van der Waals surface area contributed by atoms with E-state index in [1.807, 2.05) is 17.9 Å². The van der Waals surface area contributed by atoms with Crippen molar-refractivity contribution in [1.82, 2.24) is 14.9 Å². The Labute approximate surface area is 113 Å². The molecule has 0 aliphatic carbocycles. The zero-order valence-corrected chi connectivity index (χ0v) is 11.6. The molecule has 2 heterocycles. The number of nitrogens with zero attached hydrogens (tertiary/aromatic N) is 3. The maximum atomic E-state index is 11.9. The van der Waals surface area contributed by atoms with Crippen molar-refractivity contribution in [3.63, 3.8) is 0 Å². The van der Waals surface area contributed by atoms with Crippen LogP contribution < -0.4 is 10.6 Å². The summed E-state index contributed by atoms with van der Waals surface area (Å²) in [6.45, 7) is 4.35. The summed E-state index contributed by atoms with van der Waals surface area (Å²) < 4.78 is 0. The number of likely N-dealkylation sites (tertiary alicyclic amines) is 1. The van der Waals surface area contributed by atoms with E-state index in [0.717, 1.165) is 37.4 Å². The van der Waals surface area contributed by atoms with Crippen LogP contribution in [0.25, 0.3) is 0 Å². The number of carbonyl (C=O) groups is 1. The summed E-state index contributed by atoms with van der Waals surface area (Å²) in [6, 6.07) is 1.88. The fourth-order valence-electron chi connectivity index (χ4n) is 2.19. The molecule has 2 rings (SSSR count). The molecular formula is C13H21N5O. The summed E-state index contributed by atoms with van der Waals surface area (Å²) in [5.41, 5.74) is 0.896. The molecule has 1 aliphatic heterocycles. The van der Waals surface area contributed by atoms with E-state index in [1.165, 1.54) is 0 Å². The molecule has 2 N–H and O–H groups in total. The molecule has 0 atom stereocenters.